The van der Waals surface area contributed by atoms with Gasteiger partial charge in [0.25, 0.3) is 0 Å². The largest absolute Gasteiger partial charge is 0.401 e. The van der Waals surface area contributed by atoms with Gasteiger partial charge in [-0.05, 0) is 75.7 Å². The van der Waals surface area contributed by atoms with Crippen LogP contribution in [0.1, 0.15) is 50.6 Å². The van der Waals surface area contributed by atoms with Crippen LogP contribution < -0.4 is 15.5 Å². The number of nitrogens with one attached hydrogen (secondary N) is 2. The van der Waals surface area contributed by atoms with Crippen LogP contribution in [0.15, 0.2) is 29.3 Å². The summed E-state index contributed by atoms with van der Waals surface area (Å²) < 4.78 is 37.6. The van der Waals surface area contributed by atoms with Gasteiger partial charge in [-0.1, -0.05) is 12.1 Å². The number of hydrogen-bond acceptors (Lipinski definition) is 3. The number of anilines is 1. The zero-order valence-electron chi connectivity index (χ0n) is 18.7. The van der Waals surface area contributed by atoms with Crippen molar-refractivity contribution in [2.75, 3.05) is 51.2 Å². The van der Waals surface area contributed by atoms with E-state index in [4.69, 9.17) is 0 Å². The van der Waals surface area contributed by atoms with Gasteiger partial charge in [-0.25, -0.2) is 0 Å². The molecule has 31 heavy (non-hydrogen) atoms. The molecule has 1 aromatic carbocycles. The van der Waals surface area contributed by atoms with Crippen LogP contribution in [0.3, 0.4) is 0 Å². The van der Waals surface area contributed by atoms with Gasteiger partial charge in [0.1, 0.15) is 0 Å². The molecule has 174 valence electrons. The van der Waals surface area contributed by atoms with Gasteiger partial charge in [-0.2, -0.15) is 13.2 Å². The van der Waals surface area contributed by atoms with Crippen LogP contribution in [-0.2, 0) is 0 Å². The third kappa shape index (κ3) is 7.59. The van der Waals surface area contributed by atoms with Gasteiger partial charge in [-0.15, -0.1) is 0 Å². The molecule has 0 aromatic heterocycles. The fourth-order valence-corrected chi connectivity index (χ4v) is 4.53. The molecule has 0 amide bonds. The Morgan fingerprint density at radius 2 is 1.87 bits per heavy atom. The molecule has 8 heteroatoms. The van der Waals surface area contributed by atoms with E-state index in [1.54, 1.807) is 7.05 Å². The molecular weight excluding hydrogens is 403 g/mol. The second-order valence-corrected chi connectivity index (χ2v) is 8.78. The van der Waals surface area contributed by atoms with Crippen molar-refractivity contribution in [3.8, 4) is 0 Å². The van der Waals surface area contributed by atoms with E-state index in [-0.39, 0.29) is 6.04 Å². The first-order valence-corrected chi connectivity index (χ1v) is 11.5. The number of aliphatic imine (C=N–C) groups is 1. The average molecular weight is 440 g/mol. The van der Waals surface area contributed by atoms with Crippen LogP contribution in [0.25, 0.3) is 0 Å². The van der Waals surface area contributed by atoms with Crippen LogP contribution in [0.5, 0.6) is 0 Å². The predicted molar refractivity (Wildman–Crippen MR) is 121 cm³/mol. The normalized spacial score (nSPS) is 20.2. The Labute approximate surface area is 184 Å². The van der Waals surface area contributed by atoms with Crippen molar-refractivity contribution in [1.82, 2.24) is 15.5 Å². The molecular formula is C23H36F3N5. The summed E-state index contributed by atoms with van der Waals surface area (Å²) in [6.45, 7) is 5.43. The van der Waals surface area contributed by atoms with E-state index in [0.717, 1.165) is 44.9 Å². The van der Waals surface area contributed by atoms with E-state index in [0.29, 0.717) is 19.0 Å². The lowest BCUT2D eigenvalue weighted by Crippen LogP contribution is -2.42. The molecule has 0 saturated carbocycles. The lowest BCUT2D eigenvalue weighted by atomic mass is 9.93. The standard InChI is InChI=1S/C23H36F3N5/c1-18(20-6-5-7-21(16-20)31-12-3-4-13-31)29-22(27-2)28-11-8-19-9-14-30(15-10-19)17-23(24,25)26/h5-7,16,18-19H,3-4,8-15,17H2,1-2H3,(H2,27,28,29). The third-order valence-electron chi connectivity index (χ3n) is 6.37. The van der Waals surface area contributed by atoms with E-state index in [1.165, 1.54) is 29.0 Å². The van der Waals surface area contributed by atoms with Crippen LogP contribution in [0, 0.1) is 5.92 Å². The van der Waals surface area contributed by atoms with Crippen molar-refractivity contribution in [2.45, 2.75) is 51.2 Å². The monoisotopic (exact) mass is 439 g/mol. The van der Waals surface area contributed by atoms with Gasteiger partial charge >= 0.3 is 6.18 Å². The van der Waals surface area contributed by atoms with Crippen molar-refractivity contribution in [1.29, 1.82) is 0 Å². The molecule has 0 spiro atoms. The van der Waals surface area contributed by atoms with Gasteiger partial charge in [0, 0.05) is 32.4 Å². The second-order valence-electron chi connectivity index (χ2n) is 8.78. The molecule has 3 rings (SSSR count). The molecule has 2 fully saturated rings. The molecule has 5 nitrogen and oxygen atoms in total. The van der Waals surface area contributed by atoms with Gasteiger partial charge in [-0.3, -0.25) is 9.89 Å². The number of guanidine groups is 1. The lowest BCUT2D eigenvalue weighted by molar-refractivity contribution is -0.148. The van der Waals surface area contributed by atoms with E-state index in [9.17, 15) is 13.2 Å². The zero-order valence-corrected chi connectivity index (χ0v) is 18.7. The van der Waals surface area contributed by atoms with Crippen molar-refractivity contribution >= 4 is 11.6 Å². The van der Waals surface area contributed by atoms with Crippen LogP contribution in [0.4, 0.5) is 18.9 Å². The van der Waals surface area contributed by atoms with Gasteiger partial charge < -0.3 is 15.5 Å². The van der Waals surface area contributed by atoms with Crippen LogP contribution in [-0.4, -0.2) is 63.4 Å². The maximum absolute atomic E-state index is 12.5. The molecule has 2 saturated heterocycles. The molecule has 0 bridgehead atoms. The number of piperidine rings is 1. The number of likely N-dealkylation sites (tertiary alicyclic amines) is 1. The first-order valence-electron chi connectivity index (χ1n) is 11.5. The maximum Gasteiger partial charge on any atom is 0.401 e. The fraction of sp³-hybridized carbons (Fsp3) is 0.696. The van der Waals surface area contributed by atoms with Crippen molar-refractivity contribution in [3.63, 3.8) is 0 Å². The van der Waals surface area contributed by atoms with E-state index < -0.39 is 12.7 Å². The topological polar surface area (TPSA) is 42.9 Å². The molecule has 0 aliphatic carbocycles. The summed E-state index contributed by atoms with van der Waals surface area (Å²) in [7, 11) is 1.76. The summed E-state index contributed by atoms with van der Waals surface area (Å²) in [4.78, 5) is 8.29. The smallest absolute Gasteiger partial charge is 0.372 e. The Balaban J connectivity index is 1.40. The third-order valence-corrected chi connectivity index (χ3v) is 6.37. The Morgan fingerprint density at radius 3 is 2.52 bits per heavy atom. The van der Waals surface area contributed by atoms with Crippen molar-refractivity contribution in [2.24, 2.45) is 10.9 Å². The first-order chi connectivity index (χ1) is 14.8. The molecule has 2 aliphatic heterocycles. The van der Waals surface area contributed by atoms with Crippen molar-refractivity contribution < 1.29 is 13.2 Å². The Kier molecular flexibility index (Phi) is 8.46. The molecule has 2 N–H and O–H groups in total. The summed E-state index contributed by atoms with van der Waals surface area (Å²) in [5.41, 5.74) is 2.51. The number of alkyl halides is 3. The Bertz CT molecular complexity index is 707. The molecule has 2 heterocycles. The molecule has 0 radical (unpaired) electrons. The summed E-state index contributed by atoms with van der Waals surface area (Å²) in [6.07, 6.45) is 1.01. The highest BCUT2D eigenvalue weighted by atomic mass is 19.4. The molecule has 1 aromatic rings. The summed E-state index contributed by atoms with van der Waals surface area (Å²) in [6, 6.07) is 8.81. The molecule has 2 aliphatic rings. The Morgan fingerprint density at radius 1 is 1.16 bits per heavy atom. The van der Waals surface area contributed by atoms with Gasteiger partial charge in [0.2, 0.25) is 0 Å². The number of benzene rings is 1. The molecule has 1 unspecified atom stereocenters. The van der Waals surface area contributed by atoms with Crippen LogP contribution >= 0.6 is 0 Å². The maximum atomic E-state index is 12.5. The minimum Gasteiger partial charge on any atom is -0.372 e. The quantitative estimate of drug-likeness (QED) is 0.494. The highest BCUT2D eigenvalue weighted by molar-refractivity contribution is 5.80. The molecule has 1 atom stereocenters. The SMILES string of the molecule is CN=C(NCCC1CCN(CC(F)(F)F)CC1)NC(C)c1cccc(N2CCCC2)c1. The average Bonchev–Trinajstić information content (AvgIpc) is 3.28. The highest BCUT2D eigenvalue weighted by Gasteiger charge is 2.32. The predicted octanol–water partition coefficient (Wildman–Crippen LogP) is 4.18. The van der Waals surface area contributed by atoms with E-state index >= 15 is 0 Å². The lowest BCUT2D eigenvalue weighted by Gasteiger charge is -2.32. The summed E-state index contributed by atoms with van der Waals surface area (Å²) >= 11 is 0. The summed E-state index contributed by atoms with van der Waals surface area (Å²) in [5, 5.41) is 6.83. The van der Waals surface area contributed by atoms with Gasteiger partial charge in [0.05, 0.1) is 12.6 Å². The fourth-order valence-electron chi connectivity index (χ4n) is 4.53. The number of rotatable bonds is 7. The highest BCUT2D eigenvalue weighted by Crippen LogP contribution is 2.25. The first kappa shape index (κ1) is 23.7. The zero-order chi connectivity index (χ0) is 22.3. The second kappa shape index (κ2) is 11.1. The van der Waals surface area contributed by atoms with Crippen molar-refractivity contribution in [3.05, 3.63) is 29.8 Å². The van der Waals surface area contributed by atoms with E-state index in [1.807, 2.05) is 0 Å². The number of hydrogen-bond donors (Lipinski definition) is 2. The van der Waals surface area contributed by atoms with Crippen LogP contribution in [0.2, 0.25) is 0 Å². The number of halogens is 3. The Hall–Kier alpha value is -1.96. The minimum atomic E-state index is -4.10. The van der Waals surface area contributed by atoms with Gasteiger partial charge in [0.15, 0.2) is 5.96 Å². The minimum absolute atomic E-state index is 0.124. The summed E-state index contributed by atoms with van der Waals surface area (Å²) in [5.74, 6) is 1.22. The number of nitrogens with zero attached hydrogens (tertiary/aromatic N) is 3. The van der Waals surface area contributed by atoms with E-state index in [2.05, 4.69) is 51.7 Å².